The Hall–Kier alpha value is -1.06. The number of fused-ring (bicyclic) bond motifs is 5. The third-order valence-corrected chi connectivity index (χ3v) is 6.98. The highest BCUT2D eigenvalue weighted by Crippen LogP contribution is 2.60. The summed E-state index contributed by atoms with van der Waals surface area (Å²) in [7, 11) is 1.74. The van der Waals surface area contributed by atoms with E-state index in [2.05, 4.69) is 25.1 Å². The van der Waals surface area contributed by atoms with E-state index < -0.39 is 0 Å². The SMILES string of the molecule is COc1ccc2c(c1)CC[C@@H]1[C@@H]2CC[C@]2(C)[C@H](O)[C@H](N)C[C@@H]12. The minimum Gasteiger partial charge on any atom is -0.497 e. The number of aliphatic hydroxyl groups is 1. The van der Waals surface area contributed by atoms with Crippen LogP contribution in [0.4, 0.5) is 0 Å². The molecule has 0 radical (unpaired) electrons. The van der Waals surface area contributed by atoms with E-state index in [0.29, 0.717) is 17.8 Å². The molecule has 0 amide bonds. The lowest BCUT2D eigenvalue weighted by molar-refractivity contribution is -0.0256. The average Bonchev–Trinajstić information content (AvgIpc) is 2.77. The smallest absolute Gasteiger partial charge is 0.119 e. The van der Waals surface area contributed by atoms with Crippen LogP contribution in [0.2, 0.25) is 0 Å². The van der Waals surface area contributed by atoms with Crippen LogP contribution >= 0.6 is 0 Å². The molecule has 3 N–H and O–H groups in total. The van der Waals surface area contributed by atoms with Gasteiger partial charge < -0.3 is 15.6 Å². The number of methoxy groups -OCH3 is 1. The summed E-state index contributed by atoms with van der Waals surface area (Å²) in [5.74, 6) is 2.87. The van der Waals surface area contributed by atoms with Gasteiger partial charge in [0.1, 0.15) is 5.75 Å². The summed E-state index contributed by atoms with van der Waals surface area (Å²) in [5, 5.41) is 10.6. The molecule has 2 fully saturated rings. The Kier molecular flexibility index (Phi) is 3.28. The zero-order valence-corrected chi connectivity index (χ0v) is 13.6. The molecule has 1 aromatic rings. The predicted molar refractivity (Wildman–Crippen MR) is 87.0 cm³/mol. The molecule has 22 heavy (non-hydrogen) atoms. The first-order valence-corrected chi connectivity index (χ1v) is 8.65. The van der Waals surface area contributed by atoms with Crippen molar-refractivity contribution in [1.29, 1.82) is 0 Å². The number of aliphatic hydroxyl groups excluding tert-OH is 1. The average molecular weight is 301 g/mol. The number of hydrogen-bond donors (Lipinski definition) is 2. The van der Waals surface area contributed by atoms with Crippen LogP contribution in [-0.4, -0.2) is 24.4 Å². The molecule has 0 aromatic heterocycles. The van der Waals surface area contributed by atoms with E-state index in [1.807, 2.05) is 0 Å². The van der Waals surface area contributed by atoms with Gasteiger partial charge in [-0.25, -0.2) is 0 Å². The third kappa shape index (κ3) is 1.88. The monoisotopic (exact) mass is 301 g/mol. The molecule has 6 atom stereocenters. The van der Waals surface area contributed by atoms with E-state index in [-0.39, 0.29) is 17.6 Å². The maximum absolute atomic E-state index is 10.6. The van der Waals surface area contributed by atoms with E-state index in [4.69, 9.17) is 10.5 Å². The van der Waals surface area contributed by atoms with Gasteiger partial charge in [0.15, 0.2) is 0 Å². The van der Waals surface area contributed by atoms with Crippen LogP contribution in [0, 0.1) is 17.3 Å². The Balaban J connectivity index is 1.69. The summed E-state index contributed by atoms with van der Waals surface area (Å²) in [5.41, 5.74) is 9.23. The molecular formula is C19H27NO2. The molecular weight excluding hydrogens is 274 g/mol. The van der Waals surface area contributed by atoms with Gasteiger partial charge in [-0.15, -0.1) is 0 Å². The lowest BCUT2D eigenvalue weighted by Crippen LogP contribution is -2.45. The van der Waals surface area contributed by atoms with Crippen molar-refractivity contribution in [2.45, 2.75) is 57.1 Å². The second kappa shape index (κ2) is 4.97. The fourth-order valence-electron chi connectivity index (χ4n) is 5.76. The Morgan fingerprint density at radius 3 is 2.91 bits per heavy atom. The maximum atomic E-state index is 10.6. The minimum atomic E-state index is -0.323. The molecule has 3 aliphatic rings. The van der Waals surface area contributed by atoms with Crippen LogP contribution < -0.4 is 10.5 Å². The van der Waals surface area contributed by atoms with Crippen molar-refractivity contribution in [2.75, 3.05) is 7.11 Å². The number of hydrogen-bond acceptors (Lipinski definition) is 3. The lowest BCUT2D eigenvalue weighted by atomic mass is 9.55. The Labute approximate surface area is 132 Å². The Morgan fingerprint density at radius 2 is 2.14 bits per heavy atom. The van der Waals surface area contributed by atoms with Gasteiger partial charge in [-0.05, 0) is 78.5 Å². The molecule has 0 bridgehead atoms. The molecule has 2 saturated carbocycles. The minimum absolute atomic E-state index is 0.0323. The van der Waals surface area contributed by atoms with E-state index in [9.17, 15) is 5.11 Å². The van der Waals surface area contributed by atoms with E-state index in [1.54, 1.807) is 7.11 Å². The maximum Gasteiger partial charge on any atom is 0.119 e. The third-order valence-electron chi connectivity index (χ3n) is 6.98. The van der Waals surface area contributed by atoms with Crippen molar-refractivity contribution in [3.63, 3.8) is 0 Å². The summed E-state index contributed by atoms with van der Waals surface area (Å²) >= 11 is 0. The Morgan fingerprint density at radius 1 is 1.32 bits per heavy atom. The second-order valence-electron chi connectivity index (χ2n) is 7.87. The van der Waals surface area contributed by atoms with Crippen molar-refractivity contribution >= 4 is 0 Å². The predicted octanol–water partition coefficient (Wildman–Crippen LogP) is 2.85. The molecule has 0 heterocycles. The number of aryl methyl sites for hydroxylation is 1. The summed E-state index contributed by atoms with van der Waals surface area (Å²) in [4.78, 5) is 0. The van der Waals surface area contributed by atoms with Crippen molar-refractivity contribution in [3.05, 3.63) is 29.3 Å². The lowest BCUT2D eigenvalue weighted by Gasteiger charge is -2.50. The molecule has 0 unspecified atom stereocenters. The number of benzene rings is 1. The first-order chi connectivity index (χ1) is 10.5. The van der Waals surface area contributed by atoms with Gasteiger partial charge in [-0.3, -0.25) is 0 Å². The quantitative estimate of drug-likeness (QED) is 0.838. The van der Waals surface area contributed by atoms with Crippen LogP contribution in [0.15, 0.2) is 18.2 Å². The van der Waals surface area contributed by atoms with Gasteiger partial charge in [0.2, 0.25) is 0 Å². The molecule has 120 valence electrons. The molecule has 1 aromatic carbocycles. The summed E-state index contributed by atoms with van der Waals surface area (Å²) in [6.07, 6.45) is 5.30. The number of ether oxygens (including phenoxy) is 1. The summed E-state index contributed by atoms with van der Waals surface area (Å²) in [6.45, 7) is 2.27. The van der Waals surface area contributed by atoms with Crippen LogP contribution in [0.3, 0.4) is 0 Å². The molecule has 3 nitrogen and oxygen atoms in total. The van der Waals surface area contributed by atoms with E-state index >= 15 is 0 Å². The van der Waals surface area contributed by atoms with Gasteiger partial charge in [0.05, 0.1) is 13.2 Å². The normalized spacial score (nSPS) is 43.2. The first-order valence-electron chi connectivity index (χ1n) is 8.65. The number of rotatable bonds is 1. The molecule has 0 aliphatic heterocycles. The van der Waals surface area contributed by atoms with Crippen LogP contribution in [0.25, 0.3) is 0 Å². The first kappa shape index (κ1) is 14.5. The molecule has 4 rings (SSSR count). The summed E-state index contributed by atoms with van der Waals surface area (Å²) in [6, 6.07) is 6.56. The van der Waals surface area contributed by atoms with E-state index in [1.165, 1.54) is 24.0 Å². The zero-order chi connectivity index (χ0) is 15.5. The largest absolute Gasteiger partial charge is 0.497 e. The van der Waals surface area contributed by atoms with Gasteiger partial charge in [0, 0.05) is 6.04 Å². The molecule has 3 aliphatic carbocycles. The highest BCUT2D eigenvalue weighted by molar-refractivity contribution is 5.40. The topological polar surface area (TPSA) is 55.5 Å². The Bertz CT molecular complexity index is 587. The molecule has 0 saturated heterocycles. The fourth-order valence-corrected chi connectivity index (χ4v) is 5.76. The second-order valence-corrected chi connectivity index (χ2v) is 7.87. The number of nitrogens with two attached hydrogens (primary N) is 1. The van der Waals surface area contributed by atoms with Crippen LogP contribution in [-0.2, 0) is 6.42 Å². The van der Waals surface area contributed by atoms with Gasteiger partial charge in [-0.1, -0.05) is 13.0 Å². The van der Waals surface area contributed by atoms with Crippen LogP contribution in [0.1, 0.15) is 49.7 Å². The molecule has 0 spiro atoms. The van der Waals surface area contributed by atoms with Gasteiger partial charge in [-0.2, -0.15) is 0 Å². The highest BCUT2D eigenvalue weighted by atomic mass is 16.5. The molecule has 3 heteroatoms. The van der Waals surface area contributed by atoms with Gasteiger partial charge in [0.25, 0.3) is 0 Å². The summed E-state index contributed by atoms with van der Waals surface area (Å²) < 4.78 is 5.38. The standard InChI is InChI=1S/C19H27NO2/c1-19-8-7-14-13-6-4-12(22-2)9-11(13)3-5-15(14)16(19)10-17(20)18(19)21/h4,6,9,14-18,21H,3,5,7-8,10,20H2,1-2H3/t14-,15-,16+,17-,18-,19+/m1/s1. The van der Waals surface area contributed by atoms with Gasteiger partial charge >= 0.3 is 0 Å². The zero-order valence-electron chi connectivity index (χ0n) is 13.6. The van der Waals surface area contributed by atoms with E-state index in [0.717, 1.165) is 25.0 Å². The van der Waals surface area contributed by atoms with Crippen LogP contribution in [0.5, 0.6) is 5.75 Å². The van der Waals surface area contributed by atoms with Crippen molar-refractivity contribution in [1.82, 2.24) is 0 Å². The van der Waals surface area contributed by atoms with Crippen molar-refractivity contribution in [2.24, 2.45) is 23.0 Å². The van der Waals surface area contributed by atoms with Crippen molar-refractivity contribution in [3.8, 4) is 5.75 Å². The van der Waals surface area contributed by atoms with Crippen molar-refractivity contribution < 1.29 is 9.84 Å². The fraction of sp³-hybridized carbons (Fsp3) is 0.684. The highest BCUT2D eigenvalue weighted by Gasteiger charge is 2.57.